The molecule has 0 aliphatic carbocycles. The summed E-state index contributed by atoms with van der Waals surface area (Å²) in [5.74, 6) is 0.282. The van der Waals surface area contributed by atoms with Gasteiger partial charge >= 0.3 is 6.72 Å². The van der Waals surface area contributed by atoms with Crippen molar-refractivity contribution < 1.29 is 13.6 Å². The van der Waals surface area contributed by atoms with Gasteiger partial charge in [0.25, 0.3) is 0 Å². The molecule has 1 rings (SSSR count). The Morgan fingerprint density at radius 1 is 1.39 bits per heavy atom. The lowest BCUT2D eigenvalue weighted by Gasteiger charge is -2.21. The fourth-order valence-corrected chi connectivity index (χ4v) is 3.56. The summed E-state index contributed by atoms with van der Waals surface area (Å²) in [5, 5.41) is 4.28. The number of rotatable bonds is 6. The lowest BCUT2D eigenvalue weighted by Crippen LogP contribution is -2.05. The smallest absolute Gasteiger partial charge is 0.380 e. The maximum absolute atomic E-state index is 6.08. The van der Waals surface area contributed by atoms with E-state index in [0.29, 0.717) is 17.9 Å². The molecule has 0 fully saturated rings. The topological polar surface area (TPSA) is 45.5 Å². The van der Waals surface area contributed by atoms with Crippen molar-refractivity contribution in [2.45, 2.75) is 13.8 Å². The molecule has 0 unspecified atom stereocenters. The van der Waals surface area contributed by atoms with Gasteiger partial charge in [-0.05, 0) is 13.8 Å². The summed E-state index contributed by atoms with van der Waals surface area (Å²) in [6.07, 6.45) is 1.44. The van der Waals surface area contributed by atoms with E-state index >= 15 is 0 Å². The third-order valence-electron chi connectivity index (χ3n) is 1.83. The molecule has 0 saturated heterocycles. The second-order valence-corrected chi connectivity index (χ2v) is 6.83. The molecule has 0 aliphatic heterocycles. The minimum atomic E-state index is -2.85. The Balaban J connectivity index is 3.05. The maximum Gasteiger partial charge on any atom is 0.380 e. The highest BCUT2D eigenvalue weighted by atomic mass is 35.5. The van der Waals surface area contributed by atoms with Gasteiger partial charge < -0.3 is 4.52 Å². The molecule has 102 valence electrons. The first-order chi connectivity index (χ1) is 8.43. The zero-order valence-electron chi connectivity index (χ0n) is 10.3. The van der Waals surface area contributed by atoms with Gasteiger partial charge in [-0.3, -0.25) is 13.7 Å². The van der Waals surface area contributed by atoms with Gasteiger partial charge in [-0.15, -0.1) is 0 Å². The van der Waals surface area contributed by atoms with E-state index in [1.165, 1.54) is 10.9 Å². The second-order valence-electron chi connectivity index (χ2n) is 3.13. The van der Waals surface area contributed by atoms with Gasteiger partial charge in [-0.25, -0.2) is 0 Å². The summed E-state index contributed by atoms with van der Waals surface area (Å²) >= 11 is 16.4. The maximum atomic E-state index is 6.08. The monoisotopic (exact) mass is 328 g/mol. The van der Waals surface area contributed by atoms with Crippen LogP contribution in [0.1, 0.15) is 13.8 Å². The molecule has 0 aromatic carbocycles. The van der Waals surface area contributed by atoms with Gasteiger partial charge in [0, 0.05) is 18.9 Å². The van der Waals surface area contributed by atoms with Crippen LogP contribution < -0.4 is 4.52 Å². The average Bonchev–Trinajstić information content (AvgIpc) is 2.31. The summed E-state index contributed by atoms with van der Waals surface area (Å²) in [6, 6.07) is 0. The van der Waals surface area contributed by atoms with Gasteiger partial charge in [-0.1, -0.05) is 23.8 Å². The van der Waals surface area contributed by atoms with Gasteiger partial charge in [0.05, 0.1) is 19.4 Å². The van der Waals surface area contributed by atoms with E-state index in [1.54, 1.807) is 7.05 Å². The molecule has 0 atom stereocenters. The number of nitrogens with zero attached hydrogens (tertiary/aromatic N) is 2. The minimum Gasteiger partial charge on any atom is -0.421 e. The Labute approximate surface area is 121 Å². The molecule has 5 nitrogen and oxygen atoms in total. The van der Waals surface area contributed by atoms with Crippen molar-refractivity contribution in [3.05, 3.63) is 15.9 Å². The molecule has 1 aromatic rings. The van der Waals surface area contributed by atoms with Gasteiger partial charge in [0.2, 0.25) is 0 Å². The largest absolute Gasteiger partial charge is 0.421 e. The van der Waals surface area contributed by atoms with E-state index < -0.39 is 6.72 Å². The summed E-state index contributed by atoms with van der Waals surface area (Å²) in [5.41, 5.74) is 0. The molecule has 0 aliphatic rings. The van der Waals surface area contributed by atoms with Crippen molar-refractivity contribution in [3.63, 3.8) is 0 Å². The first kappa shape index (κ1) is 16.0. The molecule has 0 spiro atoms. The second kappa shape index (κ2) is 6.93. The first-order valence-corrected chi connectivity index (χ1v) is 8.58. The quantitative estimate of drug-likeness (QED) is 0.588. The Morgan fingerprint density at radius 3 is 2.44 bits per heavy atom. The van der Waals surface area contributed by atoms with E-state index in [9.17, 15) is 0 Å². The molecular formula is C9H14ClN2O3PS2. The third-order valence-corrected chi connectivity index (χ3v) is 5.20. The highest BCUT2D eigenvalue weighted by molar-refractivity contribution is 8.07. The molecule has 9 heteroatoms. The van der Waals surface area contributed by atoms with Crippen LogP contribution in [-0.2, 0) is 27.9 Å². The van der Waals surface area contributed by atoms with E-state index in [0.717, 1.165) is 0 Å². The van der Waals surface area contributed by atoms with Crippen molar-refractivity contribution in [1.29, 1.82) is 0 Å². The van der Waals surface area contributed by atoms with Crippen molar-refractivity contribution in [1.82, 2.24) is 9.78 Å². The van der Waals surface area contributed by atoms with Crippen LogP contribution in [-0.4, -0.2) is 23.0 Å². The molecular weight excluding hydrogens is 315 g/mol. The molecule has 1 aromatic heterocycles. The van der Waals surface area contributed by atoms with E-state index in [2.05, 4.69) is 5.10 Å². The summed E-state index contributed by atoms with van der Waals surface area (Å²) in [7, 11) is 1.69. The van der Waals surface area contributed by atoms with Crippen LogP contribution in [0.2, 0.25) is 5.02 Å². The van der Waals surface area contributed by atoms with Crippen LogP contribution in [0.3, 0.4) is 0 Å². The van der Waals surface area contributed by atoms with E-state index in [4.69, 9.17) is 49.2 Å². The number of halogens is 1. The van der Waals surface area contributed by atoms with Crippen molar-refractivity contribution >= 4 is 42.3 Å². The van der Waals surface area contributed by atoms with Crippen LogP contribution in [0.4, 0.5) is 0 Å². The zero-order valence-corrected chi connectivity index (χ0v) is 13.5. The van der Waals surface area contributed by atoms with Gasteiger partial charge in [0.1, 0.15) is 9.66 Å². The summed E-state index contributed by atoms with van der Waals surface area (Å²) in [4.78, 5) is 0. The van der Waals surface area contributed by atoms with Crippen molar-refractivity contribution in [2.24, 2.45) is 7.05 Å². The van der Waals surface area contributed by atoms with E-state index in [-0.39, 0.29) is 10.8 Å². The third kappa shape index (κ3) is 3.98. The molecule has 0 N–H and O–H groups in total. The Bertz CT molecular complexity index is 513. The normalized spacial score (nSPS) is 11.6. The molecule has 1 heterocycles. The first-order valence-electron chi connectivity index (χ1n) is 5.24. The lowest BCUT2D eigenvalue weighted by molar-refractivity contribution is 0.217. The predicted octanol–water partition coefficient (Wildman–Crippen LogP) is 3.48. The number of aromatic nitrogens is 2. The summed E-state index contributed by atoms with van der Waals surface area (Å²) in [6.45, 7) is 1.56. The van der Waals surface area contributed by atoms with E-state index in [1.807, 2.05) is 13.8 Å². The zero-order chi connectivity index (χ0) is 13.8. The standard InChI is InChI=1S/C9H14ClN2O3PS2/c1-4-13-16(18,14-5-2)15-7-6-11-12(3)9(17)8(7)10/h6H,4-5H2,1-3H3. The Morgan fingerprint density at radius 2 is 1.94 bits per heavy atom. The number of hydrogen-bond donors (Lipinski definition) is 0. The average molecular weight is 329 g/mol. The van der Waals surface area contributed by atoms with Gasteiger partial charge in [0.15, 0.2) is 5.75 Å². The van der Waals surface area contributed by atoms with Crippen LogP contribution in [0, 0.1) is 4.64 Å². The fourth-order valence-electron chi connectivity index (χ4n) is 1.09. The highest BCUT2D eigenvalue weighted by Gasteiger charge is 2.23. The molecule has 0 amide bonds. The fraction of sp³-hybridized carbons (Fsp3) is 0.556. The number of aryl methyl sites for hydroxylation is 1. The van der Waals surface area contributed by atoms with Crippen LogP contribution in [0.15, 0.2) is 6.20 Å². The molecule has 18 heavy (non-hydrogen) atoms. The van der Waals surface area contributed by atoms with Crippen molar-refractivity contribution in [3.8, 4) is 5.75 Å². The highest BCUT2D eigenvalue weighted by Crippen LogP contribution is 2.50. The van der Waals surface area contributed by atoms with Crippen LogP contribution >= 0.6 is 30.5 Å². The predicted molar refractivity (Wildman–Crippen MR) is 77.2 cm³/mol. The van der Waals surface area contributed by atoms with Crippen LogP contribution in [0.5, 0.6) is 5.75 Å². The van der Waals surface area contributed by atoms with Crippen LogP contribution in [0.25, 0.3) is 0 Å². The molecule has 0 bridgehead atoms. The number of hydrogen-bond acceptors (Lipinski definition) is 6. The SMILES string of the molecule is CCOP(=S)(OCC)Oc1cnn(C)c(=S)c1Cl. The Hall–Kier alpha value is -0.0400. The molecule has 0 saturated carbocycles. The Kier molecular flexibility index (Phi) is 6.17. The van der Waals surface area contributed by atoms with Crippen molar-refractivity contribution in [2.75, 3.05) is 13.2 Å². The lowest BCUT2D eigenvalue weighted by atomic mass is 10.5. The van der Waals surface area contributed by atoms with Gasteiger partial charge in [-0.2, -0.15) is 5.10 Å². The minimum absolute atomic E-state index is 0.274. The summed E-state index contributed by atoms with van der Waals surface area (Å²) < 4.78 is 18.1. The molecule has 0 radical (unpaired) electrons.